The lowest BCUT2D eigenvalue weighted by molar-refractivity contribution is -0.313. The summed E-state index contributed by atoms with van der Waals surface area (Å²) in [6, 6.07) is 0. The monoisotopic (exact) mass is 534 g/mol. The minimum absolute atomic E-state index is 0.0103. The predicted molar refractivity (Wildman–Crippen MR) is 138 cm³/mol. The Labute approximate surface area is 226 Å². The van der Waals surface area contributed by atoms with Gasteiger partial charge in [-0.1, -0.05) is 13.8 Å². The summed E-state index contributed by atoms with van der Waals surface area (Å²) in [5.41, 5.74) is 0.300. The summed E-state index contributed by atoms with van der Waals surface area (Å²) >= 11 is 0. The number of carbonyl (C=O) groups is 1. The molecule has 2 aliphatic heterocycles. The van der Waals surface area contributed by atoms with Crippen molar-refractivity contribution >= 4 is 5.97 Å². The van der Waals surface area contributed by atoms with Crippen molar-refractivity contribution in [2.45, 2.75) is 121 Å². The number of carbonyl (C=O) groups excluding carboxylic acids is 1. The highest BCUT2D eigenvalue weighted by Gasteiger charge is 2.67. The molecule has 5 fully saturated rings. The Morgan fingerprint density at radius 2 is 1.79 bits per heavy atom. The molecule has 38 heavy (non-hydrogen) atoms. The molecule has 6 aliphatic rings. The van der Waals surface area contributed by atoms with Gasteiger partial charge in [-0.2, -0.15) is 0 Å². The predicted octanol–water partition coefficient (Wildman–Crippen LogP) is 3.11. The fourth-order valence-electron chi connectivity index (χ4n) is 10.1. The van der Waals surface area contributed by atoms with Gasteiger partial charge in [0.05, 0.1) is 17.8 Å². The zero-order chi connectivity index (χ0) is 27.0. The Hall–Kier alpha value is -1.03. The van der Waals surface area contributed by atoms with Crippen molar-refractivity contribution in [3.63, 3.8) is 0 Å². The molecule has 0 radical (unpaired) electrons. The van der Waals surface area contributed by atoms with Gasteiger partial charge in [0.25, 0.3) is 0 Å². The second-order valence-corrected chi connectivity index (χ2v) is 13.7. The number of ether oxygens (including phenoxy) is 4. The molecule has 8 nitrogen and oxygen atoms in total. The second-order valence-electron chi connectivity index (χ2n) is 13.7. The molecule has 0 amide bonds. The highest BCUT2D eigenvalue weighted by Crippen LogP contribution is 2.70. The standard InChI is InChI=1S/C30H46O8/c1-16-24(32)26(35-4)25(33)27(37-16)38-19-7-10-28(2)18(14-19)5-6-22-21(28)8-11-29(3)20(9-12-30(22,29)34)17-13-23(31)36-15-17/h13,16,18-22,24-27,32-34H,5-12,14-15H2,1-4H3/t16?,18-,19-,20-,21?,22?,24-,25?,26?,27+,28+,29-,30+/m1/s1. The van der Waals surface area contributed by atoms with Gasteiger partial charge in [0.1, 0.15) is 24.9 Å². The van der Waals surface area contributed by atoms with Gasteiger partial charge < -0.3 is 34.3 Å². The summed E-state index contributed by atoms with van der Waals surface area (Å²) in [7, 11) is 1.49. The van der Waals surface area contributed by atoms with Gasteiger partial charge in [0.15, 0.2) is 6.29 Å². The Morgan fingerprint density at radius 1 is 1.00 bits per heavy atom. The summed E-state index contributed by atoms with van der Waals surface area (Å²) in [6.45, 7) is 6.87. The van der Waals surface area contributed by atoms with Crippen LogP contribution >= 0.6 is 0 Å². The number of fused-ring (bicyclic) bond motifs is 5. The molecule has 5 unspecified atom stereocenters. The van der Waals surface area contributed by atoms with E-state index in [0.29, 0.717) is 18.4 Å². The van der Waals surface area contributed by atoms with Gasteiger partial charge in [0.2, 0.25) is 0 Å². The quantitative estimate of drug-likeness (QED) is 0.372. The molecule has 6 rings (SSSR count). The van der Waals surface area contributed by atoms with E-state index in [-0.39, 0.29) is 34.7 Å². The van der Waals surface area contributed by atoms with Crippen LogP contribution in [-0.4, -0.2) is 77.4 Å². The fraction of sp³-hybridized carbons (Fsp3) is 0.900. The lowest BCUT2D eigenvalue weighted by Gasteiger charge is -2.64. The summed E-state index contributed by atoms with van der Waals surface area (Å²) in [5, 5.41) is 33.5. The Balaban J connectivity index is 1.16. The van der Waals surface area contributed by atoms with E-state index in [9.17, 15) is 20.1 Å². The number of esters is 1. The highest BCUT2D eigenvalue weighted by molar-refractivity contribution is 5.85. The molecular weight excluding hydrogens is 488 g/mol. The van der Waals surface area contributed by atoms with Crippen molar-refractivity contribution < 1.29 is 39.1 Å². The molecule has 3 N–H and O–H groups in total. The zero-order valence-corrected chi connectivity index (χ0v) is 23.3. The molecule has 13 atom stereocenters. The van der Waals surface area contributed by atoms with Crippen LogP contribution in [0.3, 0.4) is 0 Å². The van der Waals surface area contributed by atoms with Crippen LogP contribution in [0.15, 0.2) is 11.6 Å². The number of hydrogen-bond acceptors (Lipinski definition) is 8. The maximum absolute atomic E-state index is 12.4. The number of rotatable bonds is 4. The molecule has 0 spiro atoms. The Bertz CT molecular complexity index is 968. The van der Waals surface area contributed by atoms with Gasteiger partial charge in [-0.25, -0.2) is 4.79 Å². The molecule has 0 aromatic carbocycles. The van der Waals surface area contributed by atoms with Crippen molar-refractivity contribution in [3.8, 4) is 0 Å². The van der Waals surface area contributed by atoms with Gasteiger partial charge in [-0.05, 0) is 99.4 Å². The number of aliphatic hydroxyl groups is 3. The summed E-state index contributed by atoms with van der Waals surface area (Å²) in [6.07, 6.45) is 6.45. The maximum Gasteiger partial charge on any atom is 0.331 e. The minimum atomic E-state index is -1.04. The summed E-state index contributed by atoms with van der Waals surface area (Å²) in [4.78, 5) is 11.8. The molecule has 0 bridgehead atoms. The summed E-state index contributed by atoms with van der Waals surface area (Å²) < 4.78 is 22.8. The fourth-order valence-corrected chi connectivity index (χ4v) is 10.1. The van der Waals surface area contributed by atoms with E-state index in [2.05, 4.69) is 13.8 Å². The van der Waals surface area contributed by atoms with E-state index in [1.807, 2.05) is 0 Å². The van der Waals surface area contributed by atoms with E-state index in [1.165, 1.54) is 7.11 Å². The number of aliphatic hydroxyl groups excluding tert-OH is 2. The SMILES string of the molecule is COC1C(O)[C@H](O[C@@H]2CC[C@]3(C)C4CC[C@]5(C)[C@@H](C6=CC(=O)OC6)CC[C@]5(O)C4CC[C@@H]3C2)OC(C)[C@H]1O. The van der Waals surface area contributed by atoms with E-state index in [0.717, 1.165) is 63.4 Å². The lowest BCUT2D eigenvalue weighted by Crippen LogP contribution is -2.62. The van der Waals surface area contributed by atoms with Crippen LogP contribution in [0.2, 0.25) is 0 Å². The van der Waals surface area contributed by atoms with Crippen molar-refractivity contribution in [2.75, 3.05) is 13.7 Å². The smallest absolute Gasteiger partial charge is 0.331 e. The molecule has 0 aromatic heterocycles. The molecule has 4 aliphatic carbocycles. The number of hydrogen-bond donors (Lipinski definition) is 3. The van der Waals surface area contributed by atoms with Crippen LogP contribution in [0.5, 0.6) is 0 Å². The van der Waals surface area contributed by atoms with Gasteiger partial charge in [-0.15, -0.1) is 0 Å². The second kappa shape index (κ2) is 9.52. The topological polar surface area (TPSA) is 115 Å². The molecule has 8 heteroatoms. The third-order valence-corrected chi connectivity index (χ3v) is 12.3. The molecule has 2 heterocycles. The molecule has 214 valence electrons. The third kappa shape index (κ3) is 3.88. The number of cyclic esters (lactones) is 1. The highest BCUT2D eigenvalue weighted by atomic mass is 16.7. The number of methoxy groups -OCH3 is 1. The first-order valence-corrected chi connectivity index (χ1v) is 14.8. The van der Waals surface area contributed by atoms with Crippen LogP contribution in [0.4, 0.5) is 0 Å². The van der Waals surface area contributed by atoms with Gasteiger partial charge >= 0.3 is 5.97 Å². The minimum Gasteiger partial charge on any atom is -0.458 e. The first-order chi connectivity index (χ1) is 18.0. The average Bonchev–Trinajstić information content (AvgIpc) is 3.43. The van der Waals surface area contributed by atoms with E-state index in [4.69, 9.17) is 18.9 Å². The molecular formula is C30H46O8. The van der Waals surface area contributed by atoms with Gasteiger partial charge in [-0.3, -0.25) is 0 Å². The zero-order valence-electron chi connectivity index (χ0n) is 23.3. The Kier molecular flexibility index (Phi) is 6.80. The Morgan fingerprint density at radius 3 is 2.50 bits per heavy atom. The van der Waals surface area contributed by atoms with Crippen LogP contribution in [0.25, 0.3) is 0 Å². The molecule has 1 saturated heterocycles. The van der Waals surface area contributed by atoms with Crippen molar-refractivity contribution in [2.24, 2.45) is 34.5 Å². The average molecular weight is 535 g/mol. The van der Waals surface area contributed by atoms with Crippen molar-refractivity contribution in [1.29, 1.82) is 0 Å². The van der Waals surface area contributed by atoms with E-state index < -0.39 is 36.3 Å². The lowest BCUT2D eigenvalue weighted by atomic mass is 9.43. The normalized spacial score (nSPS) is 54.5. The van der Waals surface area contributed by atoms with E-state index >= 15 is 0 Å². The first-order valence-electron chi connectivity index (χ1n) is 14.8. The van der Waals surface area contributed by atoms with Crippen molar-refractivity contribution in [1.82, 2.24) is 0 Å². The first kappa shape index (κ1) is 27.2. The van der Waals surface area contributed by atoms with Crippen LogP contribution < -0.4 is 0 Å². The van der Waals surface area contributed by atoms with Crippen LogP contribution in [-0.2, 0) is 23.7 Å². The molecule has 4 saturated carbocycles. The maximum atomic E-state index is 12.4. The third-order valence-electron chi connectivity index (χ3n) is 12.3. The summed E-state index contributed by atoms with van der Waals surface area (Å²) in [5.74, 6) is 1.22. The van der Waals surface area contributed by atoms with E-state index in [1.54, 1.807) is 13.0 Å². The van der Waals surface area contributed by atoms with Crippen LogP contribution in [0, 0.1) is 34.5 Å². The van der Waals surface area contributed by atoms with Crippen LogP contribution in [0.1, 0.15) is 78.6 Å². The van der Waals surface area contributed by atoms with Crippen molar-refractivity contribution in [3.05, 3.63) is 11.6 Å². The molecule has 0 aromatic rings. The van der Waals surface area contributed by atoms with Gasteiger partial charge in [0, 0.05) is 18.6 Å². The largest absolute Gasteiger partial charge is 0.458 e.